The summed E-state index contributed by atoms with van der Waals surface area (Å²) in [6, 6.07) is 6.80. The number of hydrogen-bond acceptors (Lipinski definition) is 3. The summed E-state index contributed by atoms with van der Waals surface area (Å²) in [6.45, 7) is 10.3. The largest absolute Gasteiger partial charge is 0.379 e. The predicted octanol–water partition coefficient (Wildman–Crippen LogP) is 2.24. The molecule has 2 N–H and O–H groups in total. The highest BCUT2D eigenvalue weighted by molar-refractivity contribution is 7.80. The van der Waals surface area contributed by atoms with Crippen molar-refractivity contribution in [1.82, 2.24) is 15.5 Å². The van der Waals surface area contributed by atoms with Gasteiger partial charge in [-0.25, -0.2) is 4.39 Å². The van der Waals surface area contributed by atoms with Crippen LogP contribution < -0.4 is 10.6 Å². The molecule has 126 valence electrons. The van der Waals surface area contributed by atoms with Crippen LogP contribution in [0.15, 0.2) is 36.4 Å². The molecule has 0 unspecified atom stereocenters. The number of hydrogen-bond donors (Lipinski definition) is 2. The van der Waals surface area contributed by atoms with Crippen molar-refractivity contribution in [1.29, 1.82) is 0 Å². The van der Waals surface area contributed by atoms with Gasteiger partial charge in [-0.3, -0.25) is 4.90 Å². The van der Waals surface area contributed by atoms with Gasteiger partial charge in [-0.05, 0) is 36.8 Å². The van der Waals surface area contributed by atoms with E-state index in [4.69, 9.17) is 17.0 Å². The van der Waals surface area contributed by atoms with Crippen molar-refractivity contribution < 1.29 is 9.13 Å². The number of morpholine rings is 1. The molecule has 1 aromatic rings. The van der Waals surface area contributed by atoms with Crippen LogP contribution in [0.5, 0.6) is 0 Å². The van der Waals surface area contributed by atoms with Gasteiger partial charge in [0.15, 0.2) is 5.11 Å². The fourth-order valence-electron chi connectivity index (χ4n) is 2.51. The highest BCUT2D eigenvalue weighted by atomic mass is 32.1. The summed E-state index contributed by atoms with van der Waals surface area (Å²) in [4.78, 5) is 2.34. The maximum absolute atomic E-state index is 13.2. The van der Waals surface area contributed by atoms with Crippen molar-refractivity contribution in [3.05, 3.63) is 47.8 Å². The monoisotopic (exact) mass is 337 g/mol. The number of thiocarbonyl (C=S) groups is 1. The molecule has 1 aliphatic heterocycles. The summed E-state index contributed by atoms with van der Waals surface area (Å²) < 4.78 is 18.6. The van der Waals surface area contributed by atoms with Crippen LogP contribution in [0.1, 0.15) is 18.5 Å². The maximum Gasteiger partial charge on any atom is 0.166 e. The zero-order chi connectivity index (χ0) is 16.7. The third-order valence-electron chi connectivity index (χ3n) is 3.75. The van der Waals surface area contributed by atoms with Crippen molar-refractivity contribution >= 4 is 17.3 Å². The van der Waals surface area contributed by atoms with Crippen LogP contribution in [-0.4, -0.2) is 49.4 Å². The van der Waals surface area contributed by atoms with Crippen molar-refractivity contribution in [2.24, 2.45) is 0 Å². The second-order valence-corrected chi connectivity index (χ2v) is 6.14. The molecule has 1 fully saturated rings. The lowest BCUT2D eigenvalue weighted by Crippen LogP contribution is -2.45. The molecule has 1 saturated heterocycles. The van der Waals surface area contributed by atoms with Gasteiger partial charge < -0.3 is 15.4 Å². The summed E-state index contributed by atoms with van der Waals surface area (Å²) in [5.74, 6) is -0.221. The molecule has 2 rings (SSSR count). The van der Waals surface area contributed by atoms with Crippen molar-refractivity contribution in [3.8, 4) is 0 Å². The van der Waals surface area contributed by atoms with Gasteiger partial charge in [-0.2, -0.15) is 0 Å². The maximum atomic E-state index is 13.2. The van der Waals surface area contributed by atoms with Gasteiger partial charge in [0.05, 0.1) is 19.3 Å². The van der Waals surface area contributed by atoms with Crippen LogP contribution in [0.3, 0.4) is 0 Å². The van der Waals surface area contributed by atoms with Crippen LogP contribution in [0, 0.1) is 5.82 Å². The molecule has 1 atom stereocenters. The van der Waals surface area contributed by atoms with Gasteiger partial charge in [-0.1, -0.05) is 24.3 Å². The Morgan fingerprint density at radius 2 is 1.96 bits per heavy atom. The van der Waals surface area contributed by atoms with E-state index >= 15 is 0 Å². The Morgan fingerprint density at radius 3 is 2.57 bits per heavy atom. The smallest absolute Gasteiger partial charge is 0.166 e. The highest BCUT2D eigenvalue weighted by Crippen LogP contribution is 2.21. The third-order valence-corrected chi connectivity index (χ3v) is 4.04. The van der Waals surface area contributed by atoms with E-state index in [-0.39, 0.29) is 11.9 Å². The summed E-state index contributed by atoms with van der Waals surface area (Å²) >= 11 is 5.30. The highest BCUT2D eigenvalue weighted by Gasteiger charge is 2.22. The Kier molecular flexibility index (Phi) is 6.95. The fourth-order valence-corrected chi connectivity index (χ4v) is 2.67. The van der Waals surface area contributed by atoms with Gasteiger partial charge >= 0.3 is 0 Å². The van der Waals surface area contributed by atoms with Gasteiger partial charge in [0.1, 0.15) is 5.82 Å². The van der Waals surface area contributed by atoms with E-state index in [0.29, 0.717) is 18.2 Å². The van der Waals surface area contributed by atoms with E-state index in [1.54, 1.807) is 0 Å². The molecular weight excluding hydrogens is 313 g/mol. The second kappa shape index (κ2) is 8.96. The zero-order valence-corrected chi connectivity index (χ0v) is 14.3. The zero-order valence-electron chi connectivity index (χ0n) is 13.5. The topological polar surface area (TPSA) is 36.5 Å². The minimum atomic E-state index is -0.221. The average molecular weight is 337 g/mol. The van der Waals surface area contributed by atoms with E-state index in [2.05, 4.69) is 22.1 Å². The third kappa shape index (κ3) is 5.89. The summed E-state index contributed by atoms with van der Waals surface area (Å²) in [5, 5.41) is 6.98. The van der Waals surface area contributed by atoms with E-state index < -0.39 is 0 Å². The normalized spacial score (nSPS) is 16.6. The Labute approximate surface area is 142 Å². The molecule has 1 aliphatic rings. The van der Waals surface area contributed by atoms with E-state index in [1.165, 1.54) is 12.1 Å². The first-order valence-electron chi connectivity index (χ1n) is 7.79. The first kappa shape index (κ1) is 17.8. The van der Waals surface area contributed by atoms with Crippen LogP contribution in [0.25, 0.3) is 0 Å². The Balaban J connectivity index is 1.99. The number of benzene rings is 1. The van der Waals surface area contributed by atoms with Crippen molar-refractivity contribution in [3.63, 3.8) is 0 Å². The van der Waals surface area contributed by atoms with Gasteiger partial charge in [0, 0.05) is 26.2 Å². The molecular formula is C17H24FN3OS. The first-order chi connectivity index (χ1) is 11.1. The van der Waals surface area contributed by atoms with Gasteiger partial charge in [0.25, 0.3) is 0 Å². The lowest BCUT2D eigenvalue weighted by Gasteiger charge is -2.35. The number of halogens is 1. The quantitative estimate of drug-likeness (QED) is 0.615. The summed E-state index contributed by atoms with van der Waals surface area (Å²) in [6.07, 6.45) is 0. The molecule has 0 saturated carbocycles. The number of ether oxygens (including phenoxy) is 1. The molecule has 4 nitrogen and oxygen atoms in total. The molecule has 1 heterocycles. The number of nitrogens with one attached hydrogen (secondary N) is 2. The van der Waals surface area contributed by atoms with Crippen LogP contribution in [0.4, 0.5) is 4.39 Å². The first-order valence-corrected chi connectivity index (χ1v) is 8.20. The van der Waals surface area contributed by atoms with Crippen LogP contribution >= 0.6 is 12.2 Å². The molecule has 0 amide bonds. The van der Waals surface area contributed by atoms with E-state index in [1.807, 2.05) is 19.1 Å². The van der Waals surface area contributed by atoms with Crippen molar-refractivity contribution in [2.75, 3.05) is 39.4 Å². The molecule has 6 heteroatoms. The Bertz CT molecular complexity index is 529. The lowest BCUT2D eigenvalue weighted by atomic mass is 10.0. The van der Waals surface area contributed by atoms with Gasteiger partial charge in [0.2, 0.25) is 0 Å². The number of rotatable bonds is 6. The molecule has 0 bridgehead atoms. The average Bonchev–Trinajstić information content (AvgIpc) is 2.55. The predicted molar refractivity (Wildman–Crippen MR) is 95.0 cm³/mol. The standard InChI is InChI=1S/C17H24FN3OS/c1-13(2)11-19-17(23)20-12-16(21-7-9-22-10-8-21)14-3-5-15(18)6-4-14/h3-6,16H,1,7-12H2,2H3,(H2,19,20,23)/t16-/m1/s1. The minimum Gasteiger partial charge on any atom is -0.379 e. The second-order valence-electron chi connectivity index (χ2n) is 5.74. The van der Waals surface area contributed by atoms with E-state index in [9.17, 15) is 4.39 Å². The molecule has 23 heavy (non-hydrogen) atoms. The van der Waals surface area contributed by atoms with Crippen molar-refractivity contribution in [2.45, 2.75) is 13.0 Å². The molecule has 0 aromatic heterocycles. The minimum absolute atomic E-state index is 0.129. The molecule has 0 radical (unpaired) electrons. The van der Waals surface area contributed by atoms with Crippen LogP contribution in [-0.2, 0) is 4.74 Å². The summed E-state index contributed by atoms with van der Waals surface area (Å²) in [7, 11) is 0. The summed E-state index contributed by atoms with van der Waals surface area (Å²) in [5.41, 5.74) is 2.10. The SMILES string of the molecule is C=C(C)CNC(=S)NC[C@H](c1ccc(F)cc1)N1CCOCC1. The fraction of sp³-hybridized carbons (Fsp3) is 0.471. The number of nitrogens with zero attached hydrogens (tertiary/aromatic N) is 1. The Morgan fingerprint density at radius 1 is 1.30 bits per heavy atom. The van der Waals surface area contributed by atoms with Crippen LogP contribution in [0.2, 0.25) is 0 Å². The molecule has 0 aliphatic carbocycles. The Hall–Kier alpha value is -1.50. The van der Waals surface area contributed by atoms with E-state index in [0.717, 1.165) is 37.4 Å². The molecule has 1 aromatic carbocycles. The molecule has 0 spiro atoms. The van der Waals surface area contributed by atoms with Gasteiger partial charge in [-0.15, -0.1) is 0 Å². The lowest BCUT2D eigenvalue weighted by molar-refractivity contribution is 0.0170.